The average Bonchev–Trinajstić information content (AvgIpc) is 3.37. The van der Waals surface area contributed by atoms with E-state index in [-0.39, 0.29) is 17.7 Å². The van der Waals surface area contributed by atoms with Crippen LogP contribution in [0.15, 0.2) is 69.2 Å². The molecule has 0 spiro atoms. The lowest BCUT2D eigenvalue weighted by Gasteiger charge is -2.36. The molecule has 1 fully saturated rings. The Morgan fingerprint density at radius 3 is 2.70 bits per heavy atom. The molecule has 0 radical (unpaired) electrons. The zero-order valence-electron chi connectivity index (χ0n) is 23.2. The van der Waals surface area contributed by atoms with E-state index >= 15 is 0 Å². The van der Waals surface area contributed by atoms with Gasteiger partial charge >= 0.3 is 6.01 Å². The molecule has 0 bridgehead atoms. The van der Waals surface area contributed by atoms with Crippen molar-refractivity contribution in [2.45, 2.75) is 58.9 Å². The molecule has 0 aliphatic carbocycles. The van der Waals surface area contributed by atoms with Crippen LogP contribution in [0.3, 0.4) is 0 Å². The van der Waals surface area contributed by atoms with Crippen LogP contribution in [0.4, 0.5) is 6.01 Å². The molecule has 1 amide bonds. The Labute approximate surface area is 239 Å². The maximum atomic E-state index is 14.1. The van der Waals surface area contributed by atoms with Crippen LogP contribution in [-0.2, 0) is 9.59 Å². The summed E-state index contributed by atoms with van der Waals surface area (Å²) < 4.78 is 5.83. The molecule has 9 heteroatoms. The number of carbonyl (C=O) groups is 2. The van der Waals surface area contributed by atoms with Gasteiger partial charge in [-0.05, 0) is 50.8 Å². The van der Waals surface area contributed by atoms with Crippen molar-refractivity contribution < 1.29 is 14.0 Å². The summed E-state index contributed by atoms with van der Waals surface area (Å²) in [6.07, 6.45) is 4.34. The van der Waals surface area contributed by atoms with Gasteiger partial charge in [0.2, 0.25) is 5.96 Å². The zero-order chi connectivity index (χ0) is 28.2. The molecule has 3 unspecified atom stereocenters. The Morgan fingerprint density at radius 1 is 1.18 bits per heavy atom. The average molecular weight is 562 g/mol. The summed E-state index contributed by atoms with van der Waals surface area (Å²) >= 11 is 6.63. The molecule has 5 rings (SSSR count). The van der Waals surface area contributed by atoms with Crippen molar-refractivity contribution in [3.05, 3.63) is 70.4 Å². The summed E-state index contributed by atoms with van der Waals surface area (Å²) in [5.41, 5.74) is 3.29. The third-order valence-corrected chi connectivity index (χ3v) is 8.18. The highest BCUT2D eigenvalue weighted by atomic mass is 35.5. The number of nitrogens with one attached hydrogen (secondary N) is 2. The van der Waals surface area contributed by atoms with Crippen LogP contribution in [-0.4, -0.2) is 40.6 Å². The number of guanidine groups is 1. The minimum Gasteiger partial charge on any atom is -0.423 e. The number of benzene rings is 2. The van der Waals surface area contributed by atoms with Crippen molar-refractivity contribution in [3.63, 3.8) is 0 Å². The van der Waals surface area contributed by atoms with Crippen LogP contribution < -0.4 is 10.6 Å². The Morgan fingerprint density at radius 2 is 1.95 bits per heavy atom. The molecule has 3 heterocycles. The molecule has 1 aromatic heterocycles. The van der Waals surface area contributed by atoms with Gasteiger partial charge in [0, 0.05) is 41.2 Å². The first-order chi connectivity index (χ1) is 19.4. The molecule has 210 valence electrons. The van der Waals surface area contributed by atoms with Crippen molar-refractivity contribution >= 4 is 46.4 Å². The summed E-state index contributed by atoms with van der Waals surface area (Å²) in [4.78, 5) is 38.6. The number of rotatable bonds is 8. The highest BCUT2D eigenvalue weighted by molar-refractivity contribution is 6.31. The Hall–Kier alpha value is -3.65. The van der Waals surface area contributed by atoms with E-state index in [1.165, 1.54) is 0 Å². The maximum Gasteiger partial charge on any atom is 0.302 e. The number of aliphatic imine (C=N–C) groups is 1. The van der Waals surface area contributed by atoms with Crippen molar-refractivity contribution in [2.75, 3.05) is 18.4 Å². The van der Waals surface area contributed by atoms with Crippen molar-refractivity contribution in [3.8, 4) is 0 Å². The lowest BCUT2D eigenvalue weighted by molar-refractivity contribution is -0.134. The van der Waals surface area contributed by atoms with Gasteiger partial charge in [-0.1, -0.05) is 62.2 Å². The predicted octanol–water partition coefficient (Wildman–Crippen LogP) is 6.50. The fourth-order valence-electron chi connectivity index (χ4n) is 5.76. The first-order valence-electron chi connectivity index (χ1n) is 14.1. The molecule has 2 aromatic carbocycles. The number of oxazole rings is 1. The number of ketones is 1. The van der Waals surface area contributed by atoms with E-state index in [1.807, 2.05) is 54.3 Å². The van der Waals surface area contributed by atoms with Crippen molar-refractivity contribution in [1.82, 2.24) is 15.2 Å². The standard InChI is InChI=1S/C31H36ClN5O3/c1-4-11-20(5-2)28(38)21-12-10-17-37(18-21)29(39)26-19(3)33-30(35-27(26)22-13-6-7-14-23(22)32)36-31-34-24-15-8-9-16-25(24)40-31/h6-9,13-16,20-21,27H,4-5,10-12,17-18H2,1-3H3,(H2,33,34,35,36). The third kappa shape index (κ3) is 5.77. The number of halogens is 1. The molecular weight excluding hydrogens is 526 g/mol. The van der Waals surface area contributed by atoms with Crippen LogP contribution >= 0.6 is 11.6 Å². The molecule has 8 nitrogen and oxygen atoms in total. The van der Waals surface area contributed by atoms with Gasteiger partial charge in [0.25, 0.3) is 5.91 Å². The molecule has 2 aliphatic heterocycles. The van der Waals surface area contributed by atoms with E-state index in [0.29, 0.717) is 52.7 Å². The molecule has 1 saturated heterocycles. The largest absolute Gasteiger partial charge is 0.423 e. The van der Waals surface area contributed by atoms with Gasteiger partial charge in [0.15, 0.2) is 5.58 Å². The predicted molar refractivity (Wildman–Crippen MR) is 158 cm³/mol. The summed E-state index contributed by atoms with van der Waals surface area (Å²) in [6.45, 7) is 7.09. The smallest absolute Gasteiger partial charge is 0.302 e. The Balaban J connectivity index is 1.42. The topological polar surface area (TPSA) is 99.8 Å². The molecule has 3 atom stereocenters. The second-order valence-corrected chi connectivity index (χ2v) is 11.0. The number of amides is 1. The van der Waals surface area contributed by atoms with Gasteiger partial charge in [-0.3, -0.25) is 14.9 Å². The molecule has 2 N–H and O–H groups in total. The fourth-order valence-corrected chi connectivity index (χ4v) is 6.00. The summed E-state index contributed by atoms with van der Waals surface area (Å²) in [5, 5.41) is 6.89. The first kappa shape index (κ1) is 27.9. The van der Waals surface area contributed by atoms with Gasteiger partial charge in [-0.15, -0.1) is 0 Å². The number of piperidine rings is 1. The van der Waals surface area contributed by atoms with Crippen molar-refractivity contribution in [2.24, 2.45) is 16.8 Å². The van der Waals surface area contributed by atoms with Gasteiger partial charge in [-0.25, -0.2) is 4.99 Å². The summed E-state index contributed by atoms with van der Waals surface area (Å²) in [7, 11) is 0. The van der Waals surface area contributed by atoms with Gasteiger partial charge in [0.1, 0.15) is 17.3 Å². The summed E-state index contributed by atoms with van der Waals surface area (Å²) in [5.74, 6) is 0.497. The van der Waals surface area contributed by atoms with E-state index in [9.17, 15) is 9.59 Å². The highest BCUT2D eigenvalue weighted by Crippen LogP contribution is 2.37. The Bertz CT molecular complexity index is 1430. The van der Waals surface area contributed by atoms with Crippen LogP contribution in [0.2, 0.25) is 5.02 Å². The molecule has 3 aromatic rings. The van der Waals surface area contributed by atoms with Gasteiger partial charge in [-0.2, -0.15) is 4.98 Å². The number of aromatic nitrogens is 1. The number of allylic oxidation sites excluding steroid dienone is 1. The number of hydrogen-bond donors (Lipinski definition) is 2. The van der Waals surface area contributed by atoms with Crippen LogP contribution in [0.5, 0.6) is 0 Å². The van der Waals surface area contributed by atoms with Gasteiger partial charge < -0.3 is 14.6 Å². The number of fused-ring (bicyclic) bond motifs is 1. The van der Waals surface area contributed by atoms with Crippen LogP contribution in [0.25, 0.3) is 11.1 Å². The number of Topliss-reactive ketones (excluding diaryl/α,β-unsaturated/α-hetero) is 1. The molecule has 40 heavy (non-hydrogen) atoms. The van der Waals surface area contributed by atoms with Gasteiger partial charge in [0.05, 0.1) is 5.57 Å². The number of anilines is 1. The number of likely N-dealkylation sites (tertiary alicyclic amines) is 1. The zero-order valence-corrected chi connectivity index (χ0v) is 24.0. The lowest BCUT2D eigenvalue weighted by Crippen LogP contribution is -2.46. The lowest BCUT2D eigenvalue weighted by atomic mass is 9.83. The van der Waals surface area contributed by atoms with E-state index < -0.39 is 6.04 Å². The minimum atomic E-state index is -0.645. The normalized spacial score (nSPS) is 20.2. The van der Waals surface area contributed by atoms with E-state index in [1.54, 1.807) is 6.07 Å². The highest BCUT2D eigenvalue weighted by Gasteiger charge is 2.37. The Kier molecular flexibility index (Phi) is 8.54. The van der Waals surface area contributed by atoms with E-state index in [2.05, 4.69) is 29.5 Å². The number of para-hydroxylation sites is 2. The van der Waals surface area contributed by atoms with Crippen LogP contribution in [0, 0.1) is 11.8 Å². The first-order valence-corrected chi connectivity index (χ1v) is 14.5. The third-order valence-electron chi connectivity index (χ3n) is 7.83. The monoisotopic (exact) mass is 561 g/mol. The second kappa shape index (κ2) is 12.3. The molecule has 0 saturated carbocycles. The number of carbonyl (C=O) groups excluding carboxylic acids is 2. The van der Waals surface area contributed by atoms with E-state index in [4.69, 9.17) is 21.0 Å². The second-order valence-electron chi connectivity index (χ2n) is 10.6. The number of hydrogen-bond acceptors (Lipinski definition) is 7. The molecule has 2 aliphatic rings. The summed E-state index contributed by atoms with van der Waals surface area (Å²) in [6, 6.07) is 14.6. The quantitative estimate of drug-likeness (QED) is 0.325. The number of nitrogens with zero attached hydrogens (tertiary/aromatic N) is 3. The molecular formula is C31H36ClN5O3. The van der Waals surface area contributed by atoms with E-state index in [0.717, 1.165) is 43.2 Å². The van der Waals surface area contributed by atoms with Crippen molar-refractivity contribution in [1.29, 1.82) is 0 Å². The fraction of sp³-hybridized carbons (Fsp3) is 0.419. The van der Waals surface area contributed by atoms with Crippen LogP contribution in [0.1, 0.15) is 64.5 Å². The maximum absolute atomic E-state index is 14.1. The SMILES string of the molecule is CCCC(CC)C(=O)C1CCCN(C(=O)C2=C(C)NC(Nc3nc4ccccc4o3)=NC2c2ccccc2Cl)C1. The minimum absolute atomic E-state index is 0.0586.